The molecule has 116 valence electrons. The van der Waals surface area contributed by atoms with Crippen molar-refractivity contribution >= 4 is 17.0 Å². The van der Waals surface area contributed by atoms with Gasteiger partial charge in [-0.1, -0.05) is 24.3 Å². The quantitative estimate of drug-likeness (QED) is 0.763. The van der Waals surface area contributed by atoms with Crippen molar-refractivity contribution in [2.24, 2.45) is 0 Å². The van der Waals surface area contributed by atoms with Crippen LogP contribution in [0.4, 0.5) is 0 Å². The van der Waals surface area contributed by atoms with Crippen molar-refractivity contribution in [3.63, 3.8) is 0 Å². The third-order valence-electron chi connectivity index (χ3n) is 4.25. The summed E-state index contributed by atoms with van der Waals surface area (Å²) in [6, 6.07) is 12.6. The predicted molar refractivity (Wildman–Crippen MR) is 85.1 cm³/mol. The summed E-state index contributed by atoms with van der Waals surface area (Å²) >= 11 is 0. The molecule has 5 nitrogen and oxygen atoms in total. The first-order valence-electron chi connectivity index (χ1n) is 7.56. The van der Waals surface area contributed by atoms with Gasteiger partial charge < -0.3 is 14.8 Å². The first kappa shape index (κ1) is 14.0. The standard InChI is InChI=1S/C18H16N2O3/c1-10-19-14-7-6-12(9-16(14)23-10)18(22)20-17-13-5-3-2-4-11(13)8-15(17)21/h2-7,9,15,17,21H,8H2,1H3,(H,20,22)/t15-,17-/m1/s1. The fraction of sp³-hybridized carbons (Fsp3) is 0.222. The fourth-order valence-corrected chi connectivity index (χ4v) is 3.15. The van der Waals surface area contributed by atoms with Gasteiger partial charge in [-0.05, 0) is 29.3 Å². The molecule has 0 aliphatic heterocycles. The molecule has 23 heavy (non-hydrogen) atoms. The second-order valence-electron chi connectivity index (χ2n) is 5.84. The van der Waals surface area contributed by atoms with Gasteiger partial charge in [-0.15, -0.1) is 0 Å². The number of benzene rings is 2. The Hall–Kier alpha value is -2.66. The molecule has 4 rings (SSSR count). The topological polar surface area (TPSA) is 75.4 Å². The number of rotatable bonds is 2. The number of nitrogens with zero attached hydrogens (tertiary/aromatic N) is 1. The smallest absolute Gasteiger partial charge is 0.251 e. The monoisotopic (exact) mass is 308 g/mol. The molecule has 2 atom stereocenters. The number of oxazole rings is 1. The van der Waals surface area contributed by atoms with E-state index in [0.717, 1.165) is 16.6 Å². The molecule has 3 aromatic rings. The number of amides is 1. The molecular weight excluding hydrogens is 292 g/mol. The van der Waals surface area contributed by atoms with Crippen molar-refractivity contribution in [2.75, 3.05) is 0 Å². The van der Waals surface area contributed by atoms with E-state index in [1.54, 1.807) is 25.1 Å². The lowest BCUT2D eigenvalue weighted by Crippen LogP contribution is -2.33. The van der Waals surface area contributed by atoms with Crippen molar-refractivity contribution in [2.45, 2.75) is 25.5 Å². The first-order valence-corrected chi connectivity index (χ1v) is 7.56. The molecule has 1 heterocycles. The molecule has 5 heteroatoms. The van der Waals surface area contributed by atoms with Crippen LogP contribution in [-0.2, 0) is 6.42 Å². The Morgan fingerprint density at radius 2 is 2.13 bits per heavy atom. The van der Waals surface area contributed by atoms with Gasteiger partial charge in [0.25, 0.3) is 5.91 Å². The van der Waals surface area contributed by atoms with Gasteiger partial charge in [-0.25, -0.2) is 4.98 Å². The lowest BCUT2D eigenvalue weighted by molar-refractivity contribution is 0.0858. The van der Waals surface area contributed by atoms with Gasteiger partial charge in [0.2, 0.25) is 0 Å². The summed E-state index contributed by atoms with van der Waals surface area (Å²) in [5.41, 5.74) is 3.86. The van der Waals surface area contributed by atoms with Crippen LogP contribution in [0.3, 0.4) is 0 Å². The molecule has 0 unspecified atom stereocenters. The van der Waals surface area contributed by atoms with Gasteiger partial charge in [-0.3, -0.25) is 4.79 Å². The van der Waals surface area contributed by atoms with Gasteiger partial charge in [0.1, 0.15) is 5.52 Å². The molecule has 2 aromatic carbocycles. The van der Waals surface area contributed by atoms with E-state index in [0.29, 0.717) is 23.5 Å². The van der Waals surface area contributed by atoms with Gasteiger partial charge in [-0.2, -0.15) is 0 Å². The lowest BCUT2D eigenvalue weighted by atomic mass is 10.1. The summed E-state index contributed by atoms with van der Waals surface area (Å²) < 4.78 is 5.47. The highest BCUT2D eigenvalue weighted by molar-refractivity contribution is 5.97. The van der Waals surface area contributed by atoms with E-state index in [-0.39, 0.29) is 11.9 Å². The van der Waals surface area contributed by atoms with Crippen molar-refractivity contribution in [3.05, 3.63) is 65.0 Å². The molecule has 1 amide bonds. The van der Waals surface area contributed by atoms with Gasteiger partial charge >= 0.3 is 0 Å². The van der Waals surface area contributed by atoms with Crippen LogP contribution in [0, 0.1) is 6.92 Å². The van der Waals surface area contributed by atoms with Crippen LogP contribution in [0.5, 0.6) is 0 Å². The van der Waals surface area contributed by atoms with Crippen molar-refractivity contribution in [1.82, 2.24) is 10.3 Å². The largest absolute Gasteiger partial charge is 0.441 e. The van der Waals surface area contributed by atoms with E-state index in [4.69, 9.17) is 4.42 Å². The number of aryl methyl sites for hydroxylation is 1. The minimum absolute atomic E-state index is 0.235. The number of aliphatic hydroxyl groups is 1. The maximum Gasteiger partial charge on any atom is 0.251 e. The number of nitrogens with one attached hydrogen (secondary N) is 1. The molecule has 2 N–H and O–H groups in total. The third-order valence-corrected chi connectivity index (χ3v) is 4.25. The molecule has 0 saturated carbocycles. The Morgan fingerprint density at radius 3 is 3.00 bits per heavy atom. The van der Waals surface area contributed by atoms with Crippen LogP contribution < -0.4 is 5.32 Å². The highest BCUT2D eigenvalue weighted by Gasteiger charge is 2.32. The number of aromatic nitrogens is 1. The molecule has 0 spiro atoms. The summed E-state index contributed by atoms with van der Waals surface area (Å²) in [4.78, 5) is 16.7. The second kappa shape index (κ2) is 5.21. The number of carbonyl (C=O) groups excluding carboxylic acids is 1. The van der Waals surface area contributed by atoms with Crippen LogP contribution in [0.25, 0.3) is 11.1 Å². The number of hydrogen-bond donors (Lipinski definition) is 2. The molecule has 0 saturated heterocycles. The molecule has 0 bridgehead atoms. The number of fused-ring (bicyclic) bond motifs is 2. The predicted octanol–water partition coefficient (Wildman–Crippen LogP) is 2.52. The molecule has 0 fully saturated rings. The Bertz CT molecular complexity index is 900. The Kier molecular flexibility index (Phi) is 3.16. The van der Waals surface area contributed by atoms with Crippen LogP contribution in [0.15, 0.2) is 46.9 Å². The molecule has 1 aromatic heterocycles. The van der Waals surface area contributed by atoms with E-state index < -0.39 is 6.10 Å². The van der Waals surface area contributed by atoms with Crippen LogP contribution >= 0.6 is 0 Å². The average molecular weight is 308 g/mol. The maximum absolute atomic E-state index is 12.5. The number of hydrogen-bond acceptors (Lipinski definition) is 4. The summed E-state index contributed by atoms with van der Waals surface area (Å²) in [5, 5.41) is 13.2. The van der Waals surface area contributed by atoms with E-state index in [2.05, 4.69) is 10.3 Å². The van der Waals surface area contributed by atoms with Crippen LogP contribution in [0.2, 0.25) is 0 Å². The number of aliphatic hydroxyl groups excluding tert-OH is 1. The molecular formula is C18H16N2O3. The first-order chi connectivity index (χ1) is 11.1. The van der Waals surface area contributed by atoms with Crippen LogP contribution in [-0.4, -0.2) is 22.1 Å². The Labute approximate surface area is 133 Å². The molecule has 1 aliphatic rings. The Balaban J connectivity index is 1.61. The van der Waals surface area contributed by atoms with Gasteiger partial charge in [0.15, 0.2) is 11.5 Å². The van der Waals surface area contributed by atoms with Crippen molar-refractivity contribution in [3.8, 4) is 0 Å². The third kappa shape index (κ3) is 2.39. The normalized spacial score (nSPS) is 19.7. The maximum atomic E-state index is 12.5. The fourth-order valence-electron chi connectivity index (χ4n) is 3.15. The molecule has 1 aliphatic carbocycles. The summed E-state index contributed by atoms with van der Waals surface area (Å²) in [5.74, 6) is 0.333. The van der Waals surface area contributed by atoms with Crippen molar-refractivity contribution in [1.29, 1.82) is 0 Å². The summed E-state index contributed by atoms with van der Waals surface area (Å²) in [7, 11) is 0. The zero-order chi connectivity index (χ0) is 16.0. The zero-order valence-corrected chi connectivity index (χ0v) is 12.6. The Morgan fingerprint density at radius 1 is 1.30 bits per heavy atom. The summed E-state index contributed by atoms with van der Waals surface area (Å²) in [6.45, 7) is 1.77. The minimum atomic E-state index is -0.604. The molecule has 0 radical (unpaired) electrons. The highest BCUT2D eigenvalue weighted by atomic mass is 16.3. The highest BCUT2D eigenvalue weighted by Crippen LogP contribution is 2.31. The average Bonchev–Trinajstić information content (AvgIpc) is 3.06. The van der Waals surface area contributed by atoms with Gasteiger partial charge in [0.05, 0.1) is 12.1 Å². The van der Waals surface area contributed by atoms with Crippen LogP contribution in [0.1, 0.15) is 33.4 Å². The van der Waals surface area contributed by atoms with E-state index in [1.807, 2.05) is 24.3 Å². The SMILES string of the molecule is Cc1nc2ccc(C(=O)N[C@@H]3c4ccccc4C[C@H]3O)cc2o1. The minimum Gasteiger partial charge on any atom is -0.441 e. The summed E-state index contributed by atoms with van der Waals surface area (Å²) in [6.07, 6.45) is -0.0471. The van der Waals surface area contributed by atoms with Crippen molar-refractivity contribution < 1.29 is 14.3 Å². The van der Waals surface area contributed by atoms with E-state index in [9.17, 15) is 9.90 Å². The second-order valence-corrected chi connectivity index (χ2v) is 5.84. The zero-order valence-electron chi connectivity index (χ0n) is 12.6. The van der Waals surface area contributed by atoms with E-state index in [1.165, 1.54) is 0 Å². The van der Waals surface area contributed by atoms with E-state index >= 15 is 0 Å². The lowest BCUT2D eigenvalue weighted by Gasteiger charge is -2.18. The van der Waals surface area contributed by atoms with Gasteiger partial charge in [0, 0.05) is 18.9 Å². The number of carbonyl (C=O) groups is 1.